The van der Waals surface area contributed by atoms with Gasteiger partial charge in [-0.2, -0.15) is 0 Å². The van der Waals surface area contributed by atoms with E-state index < -0.39 is 0 Å². The summed E-state index contributed by atoms with van der Waals surface area (Å²) < 4.78 is 4.81. The van der Waals surface area contributed by atoms with Gasteiger partial charge in [-0.3, -0.25) is 9.98 Å². The number of aromatic nitrogens is 2. The molecule has 52 heavy (non-hydrogen) atoms. The predicted octanol–water partition coefficient (Wildman–Crippen LogP) is 12.3. The third-order valence-corrected chi connectivity index (χ3v) is 10.6. The highest BCUT2D eigenvalue weighted by Gasteiger charge is 2.20. The summed E-state index contributed by atoms with van der Waals surface area (Å²) >= 11 is 0. The summed E-state index contributed by atoms with van der Waals surface area (Å²) in [6.07, 6.45) is 0. The Bertz CT molecular complexity index is 3070. The molecule has 2 aromatic heterocycles. The lowest BCUT2D eigenvalue weighted by molar-refractivity contribution is 0.795. The molecule has 0 aliphatic carbocycles. The van der Waals surface area contributed by atoms with Crippen LogP contribution in [0.4, 0.5) is 5.69 Å². The molecule has 0 bridgehead atoms. The maximum atomic E-state index is 5.48. The molecule has 246 valence electrons. The highest BCUT2D eigenvalue weighted by atomic mass is 15.1. The zero-order chi connectivity index (χ0) is 34.8. The second-order valence-electron chi connectivity index (χ2n) is 13.5. The van der Waals surface area contributed by atoms with Gasteiger partial charge in [0.15, 0.2) is 0 Å². The molecular formula is C48H34N4. The number of aliphatic imine (C=N–C) groups is 2. The van der Waals surface area contributed by atoms with Gasteiger partial charge in [0.1, 0.15) is 6.67 Å². The highest BCUT2D eigenvalue weighted by Crippen LogP contribution is 2.42. The molecule has 10 rings (SSSR count). The highest BCUT2D eigenvalue weighted by molar-refractivity contribution is 6.27. The zero-order valence-electron chi connectivity index (χ0n) is 28.8. The van der Waals surface area contributed by atoms with Crippen LogP contribution in [0, 0.1) is 6.92 Å². The molecule has 0 spiro atoms. The lowest BCUT2D eigenvalue weighted by atomic mass is 9.96. The Balaban J connectivity index is 1.25. The Morgan fingerprint density at radius 2 is 1.19 bits per heavy atom. The van der Waals surface area contributed by atoms with Crippen LogP contribution in [0.25, 0.3) is 70.8 Å². The molecule has 0 radical (unpaired) electrons. The number of hydrogen-bond acceptors (Lipinski definition) is 2. The van der Waals surface area contributed by atoms with Gasteiger partial charge in [0.2, 0.25) is 0 Å². The lowest BCUT2D eigenvalue weighted by Gasteiger charge is -2.14. The van der Waals surface area contributed by atoms with Crippen molar-refractivity contribution in [2.45, 2.75) is 13.6 Å². The lowest BCUT2D eigenvalue weighted by Crippen LogP contribution is -2.07. The summed E-state index contributed by atoms with van der Waals surface area (Å²) in [6, 6.07) is 58.5. The van der Waals surface area contributed by atoms with E-state index in [2.05, 4.69) is 185 Å². The Labute approximate surface area is 301 Å². The first-order valence-corrected chi connectivity index (χ1v) is 17.7. The minimum absolute atomic E-state index is 0.430. The van der Waals surface area contributed by atoms with Gasteiger partial charge < -0.3 is 9.13 Å². The molecule has 0 unspecified atom stereocenters. The molecule has 4 nitrogen and oxygen atoms in total. The van der Waals surface area contributed by atoms with E-state index in [1.165, 1.54) is 60.1 Å². The fraction of sp³-hybridized carbons (Fsp3) is 0.0417. The van der Waals surface area contributed by atoms with Crippen molar-refractivity contribution in [2.24, 2.45) is 9.98 Å². The van der Waals surface area contributed by atoms with Crippen LogP contribution >= 0.6 is 0 Å². The molecule has 10 aromatic rings. The number of para-hydroxylation sites is 3. The van der Waals surface area contributed by atoms with Gasteiger partial charge in [-0.05, 0) is 60.3 Å². The molecule has 0 amide bonds. The molecule has 2 heterocycles. The van der Waals surface area contributed by atoms with Crippen LogP contribution in [0.3, 0.4) is 0 Å². The molecule has 4 heteroatoms. The van der Waals surface area contributed by atoms with Crippen molar-refractivity contribution < 1.29 is 0 Å². The average Bonchev–Trinajstić information content (AvgIpc) is 3.71. The number of fused-ring (bicyclic) bond motifs is 10. The second kappa shape index (κ2) is 11.9. The van der Waals surface area contributed by atoms with E-state index in [4.69, 9.17) is 4.99 Å². The van der Waals surface area contributed by atoms with Crippen molar-refractivity contribution >= 4 is 83.3 Å². The summed E-state index contributed by atoms with van der Waals surface area (Å²) in [6.45, 7) is 6.62. The minimum atomic E-state index is 0.430. The quantitative estimate of drug-likeness (QED) is 0.158. The van der Waals surface area contributed by atoms with E-state index in [1.54, 1.807) is 0 Å². The van der Waals surface area contributed by atoms with E-state index in [-0.39, 0.29) is 0 Å². The molecule has 0 fully saturated rings. The molecule has 0 aliphatic rings. The van der Waals surface area contributed by atoms with Crippen molar-refractivity contribution in [3.63, 3.8) is 0 Å². The van der Waals surface area contributed by atoms with Crippen LogP contribution in [-0.2, 0) is 6.67 Å². The van der Waals surface area contributed by atoms with Crippen LogP contribution < -0.4 is 0 Å². The van der Waals surface area contributed by atoms with Crippen molar-refractivity contribution in [1.82, 2.24) is 9.13 Å². The van der Waals surface area contributed by atoms with Crippen LogP contribution in [0.5, 0.6) is 0 Å². The molecule has 0 N–H and O–H groups in total. The Morgan fingerprint density at radius 3 is 2.02 bits per heavy atom. The van der Waals surface area contributed by atoms with Gasteiger partial charge in [-0.15, -0.1) is 0 Å². The average molecular weight is 667 g/mol. The van der Waals surface area contributed by atoms with E-state index >= 15 is 0 Å². The maximum absolute atomic E-state index is 5.48. The van der Waals surface area contributed by atoms with Gasteiger partial charge >= 0.3 is 0 Å². The van der Waals surface area contributed by atoms with Gasteiger partial charge in [-0.25, -0.2) is 0 Å². The Kier molecular flexibility index (Phi) is 6.90. The standard InChI is InChI=1S/C48H34N4/c1-31-14-6-11-21-41(31)52-43-23-13-10-20-39(43)45-36-26-27-37-35-19-9-12-22-42(35)51(48(37)38(36)28-29-44(45)52)30-50-46(33-16-4-3-5-17-33)40-25-24-32-15-7-8-18-34(32)47(40)49-2/h3-29H,2,30H2,1H3/b50-46-. The predicted molar refractivity (Wildman–Crippen MR) is 221 cm³/mol. The zero-order valence-corrected chi connectivity index (χ0v) is 28.8. The monoisotopic (exact) mass is 666 g/mol. The number of hydrogen-bond donors (Lipinski definition) is 0. The summed E-state index contributed by atoms with van der Waals surface area (Å²) in [4.78, 5) is 10.1. The fourth-order valence-corrected chi connectivity index (χ4v) is 8.33. The molecular weight excluding hydrogens is 633 g/mol. The second-order valence-corrected chi connectivity index (χ2v) is 13.5. The maximum Gasteiger partial charge on any atom is 0.115 e. The third-order valence-electron chi connectivity index (χ3n) is 10.6. The molecule has 8 aromatic carbocycles. The normalized spacial score (nSPS) is 12.2. The molecule has 0 saturated carbocycles. The Morgan fingerprint density at radius 1 is 0.538 bits per heavy atom. The fourth-order valence-electron chi connectivity index (χ4n) is 8.33. The van der Waals surface area contributed by atoms with Gasteiger partial charge in [-0.1, -0.05) is 133 Å². The van der Waals surface area contributed by atoms with E-state index in [9.17, 15) is 0 Å². The van der Waals surface area contributed by atoms with Gasteiger partial charge in [0.25, 0.3) is 0 Å². The molecule has 0 saturated heterocycles. The third kappa shape index (κ3) is 4.47. The first-order valence-electron chi connectivity index (χ1n) is 17.7. The van der Waals surface area contributed by atoms with Crippen molar-refractivity contribution in [3.8, 4) is 5.69 Å². The van der Waals surface area contributed by atoms with Crippen molar-refractivity contribution in [1.29, 1.82) is 0 Å². The van der Waals surface area contributed by atoms with Crippen molar-refractivity contribution in [2.75, 3.05) is 0 Å². The summed E-state index contributed by atoms with van der Waals surface area (Å²) in [5.74, 6) is 0. The van der Waals surface area contributed by atoms with Crippen LogP contribution in [-0.4, -0.2) is 21.6 Å². The number of benzene rings is 8. The van der Waals surface area contributed by atoms with Gasteiger partial charge in [0.05, 0.1) is 33.5 Å². The van der Waals surface area contributed by atoms with E-state index in [0.717, 1.165) is 38.8 Å². The number of rotatable bonds is 6. The van der Waals surface area contributed by atoms with Gasteiger partial charge in [0, 0.05) is 49.1 Å². The summed E-state index contributed by atoms with van der Waals surface area (Å²) in [5, 5.41) is 9.60. The number of aryl methyl sites for hydroxylation is 1. The SMILES string of the molecule is C=Nc1c(/C(=N\Cn2c3ccccc3c3ccc4c(ccc5c4c4ccccc4n5-c4ccccc4C)c32)c2ccccc2)ccc2ccccc12. The summed E-state index contributed by atoms with van der Waals surface area (Å²) in [7, 11) is 0. The van der Waals surface area contributed by atoms with Crippen LogP contribution in [0.1, 0.15) is 16.7 Å². The minimum Gasteiger partial charge on any atom is -0.320 e. The number of nitrogens with zero attached hydrogens (tertiary/aromatic N) is 4. The Hall–Kier alpha value is -6.78. The first-order chi connectivity index (χ1) is 25.7. The van der Waals surface area contributed by atoms with Crippen LogP contribution in [0.2, 0.25) is 0 Å². The van der Waals surface area contributed by atoms with E-state index in [0.29, 0.717) is 6.67 Å². The van der Waals surface area contributed by atoms with Crippen molar-refractivity contribution in [3.05, 3.63) is 180 Å². The molecule has 0 aliphatic heterocycles. The largest absolute Gasteiger partial charge is 0.320 e. The van der Waals surface area contributed by atoms with E-state index in [1.807, 2.05) is 6.07 Å². The van der Waals surface area contributed by atoms with Crippen LogP contribution in [0.15, 0.2) is 174 Å². The first kappa shape index (κ1) is 30.1. The smallest absolute Gasteiger partial charge is 0.115 e. The summed E-state index contributed by atoms with van der Waals surface area (Å²) in [5.41, 5.74) is 10.9. The topological polar surface area (TPSA) is 34.6 Å². The molecule has 0 atom stereocenters.